The summed E-state index contributed by atoms with van der Waals surface area (Å²) in [5.74, 6) is -0.259. The summed E-state index contributed by atoms with van der Waals surface area (Å²) in [6.07, 6.45) is 0.729. The maximum atomic E-state index is 13.7. The standard InChI is InChI=1S/C12H15Cl2F/c1-8(13)7-12(2,3)10-5-4-9(14)6-11(10)15/h4-6,8H,7H2,1-3H3. The molecule has 3 heteroatoms. The van der Waals surface area contributed by atoms with Crippen molar-refractivity contribution >= 4 is 23.2 Å². The van der Waals surface area contributed by atoms with Gasteiger partial charge in [0.1, 0.15) is 5.82 Å². The monoisotopic (exact) mass is 248 g/mol. The van der Waals surface area contributed by atoms with E-state index in [2.05, 4.69) is 0 Å². The number of halogens is 3. The Bertz CT molecular complexity index is 345. The molecule has 0 amide bonds. The van der Waals surface area contributed by atoms with E-state index in [4.69, 9.17) is 23.2 Å². The van der Waals surface area contributed by atoms with Gasteiger partial charge in [-0.2, -0.15) is 0 Å². The maximum Gasteiger partial charge on any atom is 0.128 e. The summed E-state index contributed by atoms with van der Waals surface area (Å²) in [4.78, 5) is 0. The molecular formula is C12H15Cl2F. The topological polar surface area (TPSA) is 0 Å². The Morgan fingerprint density at radius 2 is 2.00 bits per heavy atom. The van der Waals surface area contributed by atoms with Crippen molar-refractivity contribution in [3.63, 3.8) is 0 Å². The van der Waals surface area contributed by atoms with Crippen molar-refractivity contribution in [3.05, 3.63) is 34.6 Å². The average molecular weight is 249 g/mol. The number of hydrogen-bond donors (Lipinski definition) is 0. The van der Waals surface area contributed by atoms with Crippen LogP contribution < -0.4 is 0 Å². The van der Waals surface area contributed by atoms with Gasteiger partial charge in [0, 0.05) is 10.4 Å². The Kier molecular flexibility index (Phi) is 4.02. The maximum absolute atomic E-state index is 13.7. The minimum Gasteiger partial charge on any atom is -0.207 e. The minimum absolute atomic E-state index is 0.0232. The van der Waals surface area contributed by atoms with Crippen LogP contribution in [0.3, 0.4) is 0 Å². The highest BCUT2D eigenvalue weighted by Crippen LogP contribution is 2.32. The molecule has 0 aromatic heterocycles. The zero-order valence-electron chi connectivity index (χ0n) is 9.15. The van der Waals surface area contributed by atoms with Gasteiger partial charge >= 0.3 is 0 Å². The van der Waals surface area contributed by atoms with Crippen molar-refractivity contribution in [3.8, 4) is 0 Å². The normalized spacial score (nSPS) is 14.0. The molecule has 1 unspecified atom stereocenters. The summed E-state index contributed by atoms with van der Waals surface area (Å²) >= 11 is 11.7. The van der Waals surface area contributed by atoms with Crippen LogP contribution in [0.5, 0.6) is 0 Å². The summed E-state index contributed by atoms with van der Waals surface area (Å²) in [6.45, 7) is 5.88. The number of alkyl halides is 1. The summed E-state index contributed by atoms with van der Waals surface area (Å²) in [5, 5.41) is 0.445. The van der Waals surface area contributed by atoms with Gasteiger partial charge in [-0.1, -0.05) is 31.5 Å². The van der Waals surface area contributed by atoms with Crippen molar-refractivity contribution in [2.45, 2.75) is 38.0 Å². The van der Waals surface area contributed by atoms with E-state index in [1.165, 1.54) is 6.07 Å². The molecule has 1 atom stereocenters. The number of hydrogen-bond acceptors (Lipinski definition) is 0. The van der Waals surface area contributed by atoms with Gasteiger partial charge in [0.2, 0.25) is 0 Å². The largest absolute Gasteiger partial charge is 0.207 e. The average Bonchev–Trinajstić information content (AvgIpc) is 1.99. The molecule has 1 aromatic rings. The van der Waals surface area contributed by atoms with E-state index in [9.17, 15) is 4.39 Å². The molecule has 0 aliphatic carbocycles. The lowest BCUT2D eigenvalue weighted by Crippen LogP contribution is -2.22. The van der Waals surface area contributed by atoms with Crippen molar-refractivity contribution in [1.29, 1.82) is 0 Å². The summed E-state index contributed by atoms with van der Waals surface area (Å²) < 4.78 is 13.7. The lowest BCUT2D eigenvalue weighted by molar-refractivity contribution is 0.448. The smallest absolute Gasteiger partial charge is 0.128 e. The first-order valence-electron chi connectivity index (χ1n) is 4.92. The Hall–Kier alpha value is -0.270. The van der Waals surface area contributed by atoms with Gasteiger partial charge in [0.25, 0.3) is 0 Å². The third kappa shape index (κ3) is 3.35. The molecule has 0 saturated carbocycles. The zero-order chi connectivity index (χ0) is 11.6. The van der Waals surface area contributed by atoms with Crippen LogP contribution in [0.2, 0.25) is 5.02 Å². The fourth-order valence-electron chi connectivity index (χ4n) is 1.85. The first-order valence-corrected chi connectivity index (χ1v) is 5.74. The first-order chi connectivity index (χ1) is 6.83. The van der Waals surface area contributed by atoms with E-state index in [0.29, 0.717) is 10.6 Å². The SMILES string of the molecule is CC(Cl)CC(C)(C)c1ccc(Cl)cc1F. The lowest BCUT2D eigenvalue weighted by atomic mass is 9.80. The summed E-state index contributed by atoms with van der Waals surface area (Å²) in [6, 6.07) is 4.79. The highest BCUT2D eigenvalue weighted by Gasteiger charge is 2.25. The zero-order valence-corrected chi connectivity index (χ0v) is 10.7. The predicted molar refractivity (Wildman–Crippen MR) is 64.4 cm³/mol. The lowest BCUT2D eigenvalue weighted by Gasteiger charge is -2.27. The molecule has 0 saturated heterocycles. The van der Waals surface area contributed by atoms with Crippen LogP contribution in [0.15, 0.2) is 18.2 Å². The van der Waals surface area contributed by atoms with Crippen LogP contribution >= 0.6 is 23.2 Å². The van der Waals surface area contributed by atoms with Gasteiger partial charge in [-0.15, -0.1) is 11.6 Å². The molecule has 0 bridgehead atoms. The number of benzene rings is 1. The third-order valence-corrected chi connectivity index (χ3v) is 2.84. The molecule has 0 aliphatic heterocycles. The van der Waals surface area contributed by atoms with E-state index in [1.54, 1.807) is 12.1 Å². The number of rotatable bonds is 3. The van der Waals surface area contributed by atoms with E-state index in [1.807, 2.05) is 20.8 Å². The predicted octanol–water partition coefficient (Wildman–Crippen LogP) is 4.77. The molecule has 15 heavy (non-hydrogen) atoms. The molecule has 0 heterocycles. The van der Waals surface area contributed by atoms with E-state index >= 15 is 0 Å². The molecule has 0 radical (unpaired) electrons. The van der Waals surface area contributed by atoms with Gasteiger partial charge in [0.15, 0.2) is 0 Å². The quantitative estimate of drug-likeness (QED) is 0.676. The molecule has 1 rings (SSSR count). The van der Waals surface area contributed by atoms with Gasteiger partial charge in [-0.3, -0.25) is 0 Å². The van der Waals surface area contributed by atoms with Crippen molar-refractivity contribution < 1.29 is 4.39 Å². The van der Waals surface area contributed by atoms with Crippen LogP contribution in [-0.2, 0) is 5.41 Å². The van der Waals surface area contributed by atoms with Crippen LogP contribution in [0.1, 0.15) is 32.8 Å². The summed E-state index contributed by atoms with van der Waals surface area (Å²) in [5.41, 5.74) is 0.398. The molecule has 0 aliphatic rings. The Balaban J connectivity index is 3.04. The highest BCUT2D eigenvalue weighted by atomic mass is 35.5. The van der Waals surface area contributed by atoms with Crippen LogP contribution in [0.4, 0.5) is 4.39 Å². The Morgan fingerprint density at radius 1 is 1.40 bits per heavy atom. The second-order valence-corrected chi connectivity index (χ2v) is 5.67. The van der Waals surface area contributed by atoms with E-state index < -0.39 is 0 Å². The summed E-state index contributed by atoms with van der Waals surface area (Å²) in [7, 11) is 0. The van der Waals surface area contributed by atoms with E-state index in [-0.39, 0.29) is 16.6 Å². The third-order valence-electron chi connectivity index (χ3n) is 2.45. The first kappa shape index (κ1) is 12.8. The second-order valence-electron chi connectivity index (χ2n) is 4.49. The van der Waals surface area contributed by atoms with Crippen LogP contribution in [0, 0.1) is 5.82 Å². The van der Waals surface area contributed by atoms with Crippen molar-refractivity contribution in [2.75, 3.05) is 0 Å². The fourth-order valence-corrected chi connectivity index (χ4v) is 2.40. The minimum atomic E-state index is -0.268. The molecule has 84 valence electrons. The molecule has 0 nitrogen and oxygen atoms in total. The van der Waals surface area contributed by atoms with E-state index in [0.717, 1.165) is 6.42 Å². The Labute approximate surface area is 100 Å². The van der Waals surface area contributed by atoms with Crippen molar-refractivity contribution in [2.24, 2.45) is 0 Å². The fraction of sp³-hybridized carbons (Fsp3) is 0.500. The second kappa shape index (κ2) is 4.71. The highest BCUT2D eigenvalue weighted by molar-refractivity contribution is 6.30. The van der Waals surface area contributed by atoms with Gasteiger partial charge in [0.05, 0.1) is 0 Å². The van der Waals surface area contributed by atoms with Crippen LogP contribution in [0.25, 0.3) is 0 Å². The molecule has 1 aromatic carbocycles. The van der Waals surface area contributed by atoms with Gasteiger partial charge < -0.3 is 0 Å². The molecule has 0 spiro atoms. The van der Waals surface area contributed by atoms with Crippen molar-refractivity contribution in [1.82, 2.24) is 0 Å². The molecule has 0 N–H and O–H groups in total. The van der Waals surface area contributed by atoms with Gasteiger partial charge in [-0.05, 0) is 36.5 Å². The van der Waals surface area contributed by atoms with Gasteiger partial charge in [-0.25, -0.2) is 4.39 Å². The van der Waals surface area contributed by atoms with Crippen LogP contribution in [-0.4, -0.2) is 5.38 Å². The molecular weight excluding hydrogens is 234 g/mol. The Morgan fingerprint density at radius 3 is 2.47 bits per heavy atom. The molecule has 0 fully saturated rings.